The first-order valence-corrected chi connectivity index (χ1v) is 6.32. The van der Waals surface area contributed by atoms with Crippen LogP contribution in [0.2, 0.25) is 0 Å². The molecule has 2 aromatic heterocycles. The molecule has 2 aromatic carbocycles. The molecule has 0 saturated carbocycles. The lowest BCUT2D eigenvalue weighted by molar-refractivity contribution is 0.454. The van der Waals surface area contributed by atoms with E-state index in [4.69, 9.17) is 4.52 Å². The van der Waals surface area contributed by atoms with Gasteiger partial charge in [-0.3, -0.25) is 0 Å². The van der Waals surface area contributed by atoms with Gasteiger partial charge in [0.05, 0.1) is 15.8 Å². The second-order valence-electron chi connectivity index (χ2n) is 4.00. The fourth-order valence-electron chi connectivity index (χ4n) is 2.12. The molecule has 18 heavy (non-hydrogen) atoms. The average Bonchev–Trinajstić information content (AvgIpc) is 3.05. The third-order valence-electron chi connectivity index (χ3n) is 2.96. The van der Waals surface area contributed by atoms with Crippen molar-refractivity contribution in [3.8, 4) is 11.3 Å². The Hall–Kier alpha value is -2.20. The highest BCUT2D eigenvalue weighted by Gasteiger charge is 2.12. The van der Waals surface area contributed by atoms with E-state index in [1.807, 2.05) is 30.3 Å². The van der Waals surface area contributed by atoms with Crippen molar-refractivity contribution < 1.29 is 4.52 Å². The van der Waals surface area contributed by atoms with Gasteiger partial charge < -0.3 is 4.52 Å². The van der Waals surface area contributed by atoms with Crippen LogP contribution in [0.25, 0.3) is 32.3 Å². The molecule has 0 fully saturated rings. The summed E-state index contributed by atoms with van der Waals surface area (Å²) in [5, 5.41) is 5.77. The van der Waals surface area contributed by atoms with E-state index in [2.05, 4.69) is 27.9 Å². The fraction of sp³-hybridized carbons (Fsp3) is 0. The minimum absolute atomic E-state index is 0.740. The van der Waals surface area contributed by atoms with Crippen molar-refractivity contribution in [3.05, 3.63) is 48.7 Å². The molecule has 0 N–H and O–H groups in total. The van der Waals surface area contributed by atoms with Crippen molar-refractivity contribution in [1.82, 2.24) is 9.53 Å². The molecule has 4 aromatic rings. The molecule has 0 amide bonds. The molecule has 0 unspecified atom stereocenters. The maximum atomic E-state index is 5.14. The number of aromatic nitrogens is 2. The van der Waals surface area contributed by atoms with Crippen LogP contribution >= 0.6 is 11.5 Å². The summed E-state index contributed by atoms with van der Waals surface area (Å²) in [6.07, 6.45) is 2.89. The summed E-state index contributed by atoms with van der Waals surface area (Å²) in [5.41, 5.74) is 2.73. The quantitative estimate of drug-likeness (QED) is 0.515. The predicted octanol–water partition coefficient (Wildman–Crippen LogP) is 3.90. The molecule has 0 aliphatic heterocycles. The lowest BCUT2D eigenvalue weighted by Crippen LogP contribution is -1.79. The third-order valence-corrected chi connectivity index (χ3v) is 3.79. The Bertz CT molecular complexity index is 847. The highest BCUT2D eigenvalue weighted by atomic mass is 32.1. The molecule has 0 atom stereocenters. The van der Waals surface area contributed by atoms with Gasteiger partial charge in [0.15, 0.2) is 5.58 Å². The molecular weight excluding hydrogens is 244 g/mol. The van der Waals surface area contributed by atoms with Gasteiger partial charge in [-0.2, -0.15) is 4.37 Å². The van der Waals surface area contributed by atoms with Crippen molar-refractivity contribution in [2.45, 2.75) is 0 Å². The standard InChI is InChI=1S/C14H7N2OS/c1-2-7-13-10(4-1)14(16-18-13)9-5-3-6-12-11(9)8-15-17-12/h1-7H. The zero-order valence-electron chi connectivity index (χ0n) is 9.25. The van der Waals surface area contributed by atoms with E-state index < -0.39 is 0 Å². The van der Waals surface area contributed by atoms with E-state index in [0.29, 0.717) is 0 Å². The van der Waals surface area contributed by atoms with E-state index in [-0.39, 0.29) is 0 Å². The molecule has 0 aliphatic carbocycles. The van der Waals surface area contributed by atoms with Gasteiger partial charge in [0.1, 0.15) is 6.20 Å². The topological polar surface area (TPSA) is 38.9 Å². The number of nitrogens with zero attached hydrogens (tertiary/aromatic N) is 2. The maximum absolute atomic E-state index is 5.14. The average molecular weight is 251 g/mol. The Labute approximate surface area is 107 Å². The second kappa shape index (κ2) is 3.65. The maximum Gasteiger partial charge on any atom is 0.168 e. The van der Waals surface area contributed by atoms with Crippen LogP contribution in [0.4, 0.5) is 0 Å². The molecule has 3 nitrogen and oxygen atoms in total. The van der Waals surface area contributed by atoms with Gasteiger partial charge in [-0.25, -0.2) is 0 Å². The SMILES string of the molecule is [c]1noc2cccc(-c3nsc4ccccc34)c12. The molecular formula is C14H7N2OS. The largest absolute Gasteiger partial charge is 0.356 e. The first kappa shape index (κ1) is 9.79. The Kier molecular flexibility index (Phi) is 1.98. The normalized spacial score (nSPS) is 11.3. The number of rotatable bonds is 1. The highest BCUT2D eigenvalue weighted by Crippen LogP contribution is 2.34. The van der Waals surface area contributed by atoms with Gasteiger partial charge in [0, 0.05) is 10.9 Å². The van der Waals surface area contributed by atoms with E-state index in [9.17, 15) is 0 Å². The van der Waals surface area contributed by atoms with E-state index in [1.54, 1.807) is 0 Å². The van der Waals surface area contributed by atoms with Crippen molar-refractivity contribution in [1.29, 1.82) is 0 Å². The second-order valence-corrected chi connectivity index (χ2v) is 4.81. The molecule has 85 valence electrons. The number of fused-ring (bicyclic) bond motifs is 2. The summed E-state index contributed by atoms with van der Waals surface area (Å²) in [4.78, 5) is 0. The molecule has 2 heterocycles. The molecule has 0 spiro atoms. The van der Waals surface area contributed by atoms with Gasteiger partial charge in [-0.05, 0) is 23.7 Å². The zero-order chi connectivity index (χ0) is 11.9. The molecule has 1 radical (unpaired) electrons. The van der Waals surface area contributed by atoms with Gasteiger partial charge >= 0.3 is 0 Å². The fourth-order valence-corrected chi connectivity index (χ4v) is 2.91. The first-order chi connectivity index (χ1) is 8.93. The van der Waals surface area contributed by atoms with Crippen molar-refractivity contribution >= 4 is 32.6 Å². The summed E-state index contributed by atoms with van der Waals surface area (Å²) in [6, 6.07) is 14.1. The number of hydrogen-bond donors (Lipinski definition) is 0. The Morgan fingerprint density at radius 3 is 3.00 bits per heavy atom. The minimum Gasteiger partial charge on any atom is -0.356 e. The Morgan fingerprint density at radius 2 is 2.00 bits per heavy atom. The van der Waals surface area contributed by atoms with E-state index >= 15 is 0 Å². The molecule has 4 rings (SSSR count). The third kappa shape index (κ3) is 1.29. The zero-order valence-corrected chi connectivity index (χ0v) is 10.1. The van der Waals surface area contributed by atoms with Crippen LogP contribution in [-0.4, -0.2) is 9.53 Å². The Balaban J connectivity index is 2.10. The van der Waals surface area contributed by atoms with Gasteiger partial charge in [-0.15, -0.1) is 0 Å². The molecule has 0 bridgehead atoms. The molecule has 0 saturated heterocycles. The smallest absolute Gasteiger partial charge is 0.168 e. The van der Waals surface area contributed by atoms with Crippen molar-refractivity contribution in [3.63, 3.8) is 0 Å². The molecule has 0 aliphatic rings. The summed E-state index contributed by atoms with van der Waals surface area (Å²) in [6.45, 7) is 0. The van der Waals surface area contributed by atoms with Crippen LogP contribution in [0.1, 0.15) is 0 Å². The van der Waals surface area contributed by atoms with Gasteiger partial charge in [-0.1, -0.05) is 35.5 Å². The van der Waals surface area contributed by atoms with Gasteiger partial charge in [0.2, 0.25) is 0 Å². The number of benzene rings is 2. The first-order valence-electron chi connectivity index (χ1n) is 5.54. The van der Waals surface area contributed by atoms with Crippen LogP contribution in [0.3, 0.4) is 0 Å². The van der Waals surface area contributed by atoms with E-state index in [0.717, 1.165) is 27.6 Å². The predicted molar refractivity (Wildman–Crippen MR) is 71.5 cm³/mol. The lowest BCUT2D eigenvalue weighted by atomic mass is 10.0. The van der Waals surface area contributed by atoms with Gasteiger partial charge in [0.25, 0.3) is 0 Å². The number of hydrogen-bond acceptors (Lipinski definition) is 4. The lowest BCUT2D eigenvalue weighted by Gasteiger charge is -1.98. The van der Waals surface area contributed by atoms with Crippen molar-refractivity contribution in [2.75, 3.05) is 0 Å². The molecule has 4 heteroatoms. The van der Waals surface area contributed by atoms with Crippen LogP contribution in [0.5, 0.6) is 0 Å². The van der Waals surface area contributed by atoms with Crippen LogP contribution in [0.15, 0.2) is 47.0 Å². The van der Waals surface area contributed by atoms with Crippen LogP contribution < -0.4 is 0 Å². The summed E-state index contributed by atoms with van der Waals surface area (Å²) in [5.74, 6) is 0. The minimum atomic E-state index is 0.740. The van der Waals surface area contributed by atoms with E-state index in [1.165, 1.54) is 16.2 Å². The summed E-state index contributed by atoms with van der Waals surface area (Å²) in [7, 11) is 0. The summed E-state index contributed by atoms with van der Waals surface area (Å²) >= 11 is 1.51. The highest BCUT2D eigenvalue weighted by molar-refractivity contribution is 7.13. The van der Waals surface area contributed by atoms with Crippen LogP contribution in [-0.2, 0) is 0 Å². The van der Waals surface area contributed by atoms with Crippen LogP contribution in [0, 0.1) is 6.20 Å². The summed E-state index contributed by atoms with van der Waals surface area (Å²) < 4.78 is 10.9. The Morgan fingerprint density at radius 1 is 1.06 bits per heavy atom. The monoisotopic (exact) mass is 251 g/mol. The van der Waals surface area contributed by atoms with Crippen molar-refractivity contribution in [2.24, 2.45) is 0 Å².